The van der Waals surface area contributed by atoms with E-state index in [9.17, 15) is 0 Å². The van der Waals surface area contributed by atoms with Crippen molar-refractivity contribution < 1.29 is 0 Å². The summed E-state index contributed by atoms with van der Waals surface area (Å²) in [7, 11) is 2.38. The third kappa shape index (κ3) is 4.21. The Hall–Kier alpha value is -0.0800. The van der Waals surface area contributed by atoms with Crippen molar-refractivity contribution in [1.29, 1.82) is 0 Å². The van der Waals surface area contributed by atoms with Crippen LogP contribution < -0.4 is 5.32 Å². The van der Waals surface area contributed by atoms with E-state index in [1.165, 1.54) is 51.5 Å². The summed E-state index contributed by atoms with van der Waals surface area (Å²) in [6, 6.07) is 1.48. The summed E-state index contributed by atoms with van der Waals surface area (Å²) in [6.45, 7) is 9.52. The number of likely N-dealkylation sites (N-methyl/N-ethyl adjacent to an activating group) is 2. The fraction of sp³-hybridized carbons (Fsp3) is 1.00. The highest BCUT2D eigenvalue weighted by molar-refractivity contribution is 4.91. The van der Waals surface area contributed by atoms with Gasteiger partial charge < -0.3 is 10.2 Å². The molecule has 2 saturated carbocycles. The van der Waals surface area contributed by atoms with Crippen LogP contribution in [0.3, 0.4) is 0 Å². The molecule has 2 aliphatic carbocycles. The number of nitrogens with one attached hydrogen (secondary N) is 1. The van der Waals surface area contributed by atoms with E-state index in [1.54, 1.807) is 0 Å². The molecule has 118 valence electrons. The first-order valence-corrected chi connectivity index (χ1v) is 9.05. The molecule has 20 heavy (non-hydrogen) atoms. The molecule has 0 spiro atoms. The average molecular weight is 280 g/mol. The van der Waals surface area contributed by atoms with Crippen LogP contribution in [0.5, 0.6) is 0 Å². The minimum absolute atomic E-state index is 0.724. The molecule has 1 N–H and O–H groups in total. The average Bonchev–Trinajstić information content (AvgIpc) is 2.92. The third-order valence-corrected chi connectivity index (χ3v) is 5.85. The summed E-state index contributed by atoms with van der Waals surface area (Å²) < 4.78 is 0. The number of hydrogen-bond acceptors (Lipinski definition) is 2. The van der Waals surface area contributed by atoms with Gasteiger partial charge in [0, 0.05) is 18.6 Å². The van der Waals surface area contributed by atoms with Crippen molar-refractivity contribution >= 4 is 0 Å². The highest BCUT2D eigenvalue weighted by Crippen LogP contribution is 2.34. The Morgan fingerprint density at radius 1 is 1.10 bits per heavy atom. The lowest BCUT2D eigenvalue weighted by molar-refractivity contribution is 0.0916. The fourth-order valence-corrected chi connectivity index (χ4v) is 4.51. The second kappa shape index (κ2) is 7.79. The molecule has 0 amide bonds. The first-order valence-electron chi connectivity index (χ1n) is 9.05. The molecular formula is C18H36N2. The van der Waals surface area contributed by atoms with E-state index in [-0.39, 0.29) is 0 Å². The molecule has 0 aromatic heterocycles. The van der Waals surface area contributed by atoms with Gasteiger partial charge in [0.2, 0.25) is 0 Å². The van der Waals surface area contributed by atoms with Crippen LogP contribution in [-0.2, 0) is 0 Å². The van der Waals surface area contributed by atoms with Gasteiger partial charge in [-0.25, -0.2) is 0 Å². The van der Waals surface area contributed by atoms with Crippen LogP contribution in [0.25, 0.3) is 0 Å². The molecule has 2 nitrogen and oxygen atoms in total. The first-order chi connectivity index (χ1) is 9.61. The van der Waals surface area contributed by atoms with E-state index >= 15 is 0 Å². The van der Waals surface area contributed by atoms with Gasteiger partial charge in [-0.05, 0) is 63.5 Å². The molecule has 0 saturated heterocycles. The van der Waals surface area contributed by atoms with Crippen molar-refractivity contribution in [3.63, 3.8) is 0 Å². The summed E-state index contributed by atoms with van der Waals surface area (Å²) in [5.41, 5.74) is 0. The van der Waals surface area contributed by atoms with E-state index in [2.05, 4.69) is 38.0 Å². The van der Waals surface area contributed by atoms with Crippen molar-refractivity contribution in [3.8, 4) is 0 Å². The number of nitrogens with zero attached hydrogens (tertiary/aromatic N) is 1. The van der Waals surface area contributed by atoms with E-state index in [4.69, 9.17) is 0 Å². The highest BCUT2D eigenvalue weighted by Gasteiger charge is 2.34. The predicted octanol–water partition coefficient (Wildman–Crippen LogP) is 3.91. The maximum atomic E-state index is 3.76. The molecular weight excluding hydrogens is 244 g/mol. The van der Waals surface area contributed by atoms with Gasteiger partial charge in [0.1, 0.15) is 0 Å². The van der Waals surface area contributed by atoms with Crippen molar-refractivity contribution in [2.45, 2.75) is 77.8 Å². The van der Waals surface area contributed by atoms with Crippen LogP contribution in [0.15, 0.2) is 0 Å². The van der Waals surface area contributed by atoms with Crippen molar-refractivity contribution in [1.82, 2.24) is 10.2 Å². The maximum absolute atomic E-state index is 3.76. The Morgan fingerprint density at radius 3 is 2.40 bits per heavy atom. The van der Waals surface area contributed by atoms with E-state index in [1.807, 2.05) is 0 Å². The number of hydrogen-bond donors (Lipinski definition) is 1. The minimum atomic E-state index is 0.724. The topological polar surface area (TPSA) is 15.3 Å². The predicted molar refractivity (Wildman–Crippen MR) is 88.0 cm³/mol. The van der Waals surface area contributed by atoms with Gasteiger partial charge in [-0.3, -0.25) is 0 Å². The van der Waals surface area contributed by atoms with Crippen LogP contribution >= 0.6 is 0 Å². The van der Waals surface area contributed by atoms with Gasteiger partial charge in [-0.1, -0.05) is 33.6 Å². The lowest BCUT2D eigenvalue weighted by atomic mass is 9.76. The second-order valence-electron chi connectivity index (χ2n) is 7.64. The molecule has 2 rings (SSSR count). The van der Waals surface area contributed by atoms with Crippen LogP contribution in [0, 0.1) is 17.8 Å². The molecule has 2 fully saturated rings. The normalized spacial score (nSPS) is 32.4. The smallest absolute Gasteiger partial charge is 0.0249 e. The first kappa shape index (κ1) is 16.3. The van der Waals surface area contributed by atoms with E-state index < -0.39 is 0 Å². The molecule has 0 aromatic carbocycles. The molecule has 0 bridgehead atoms. The van der Waals surface area contributed by atoms with Gasteiger partial charge in [-0.15, -0.1) is 0 Å². The lowest BCUT2D eigenvalue weighted by Gasteiger charge is -2.43. The van der Waals surface area contributed by atoms with Gasteiger partial charge >= 0.3 is 0 Å². The molecule has 0 heterocycles. The Labute approximate surface area is 126 Å². The molecule has 3 unspecified atom stereocenters. The largest absolute Gasteiger partial charge is 0.313 e. The van der Waals surface area contributed by atoms with E-state index in [0.717, 1.165) is 36.4 Å². The Kier molecular flexibility index (Phi) is 6.35. The molecule has 2 aliphatic rings. The molecule has 0 aromatic rings. The quantitative estimate of drug-likeness (QED) is 0.793. The Bertz CT molecular complexity index is 271. The highest BCUT2D eigenvalue weighted by atomic mass is 15.2. The Morgan fingerprint density at radius 2 is 1.80 bits per heavy atom. The fourth-order valence-electron chi connectivity index (χ4n) is 4.51. The second-order valence-corrected chi connectivity index (χ2v) is 7.64. The van der Waals surface area contributed by atoms with Crippen molar-refractivity contribution in [3.05, 3.63) is 0 Å². The monoisotopic (exact) mass is 280 g/mol. The van der Waals surface area contributed by atoms with Gasteiger partial charge in [0.15, 0.2) is 0 Å². The maximum Gasteiger partial charge on any atom is 0.0249 e. The van der Waals surface area contributed by atoms with Crippen LogP contribution in [-0.4, -0.2) is 37.1 Å². The zero-order chi connectivity index (χ0) is 14.5. The van der Waals surface area contributed by atoms with Gasteiger partial charge in [0.25, 0.3) is 0 Å². The SMILES string of the molecule is CCNC1CCC(C(C)C)CC1N(C)CC1CCCC1. The standard InChI is InChI=1S/C18H36N2/c1-5-19-17-11-10-16(14(2)3)12-18(17)20(4)13-15-8-6-7-9-15/h14-19H,5-13H2,1-4H3. The summed E-state index contributed by atoms with van der Waals surface area (Å²) in [5, 5.41) is 3.76. The van der Waals surface area contributed by atoms with Gasteiger partial charge in [0.05, 0.1) is 0 Å². The summed E-state index contributed by atoms with van der Waals surface area (Å²) in [5.74, 6) is 2.75. The third-order valence-electron chi connectivity index (χ3n) is 5.85. The van der Waals surface area contributed by atoms with Crippen molar-refractivity contribution in [2.24, 2.45) is 17.8 Å². The lowest BCUT2D eigenvalue weighted by Crippen LogP contribution is -2.53. The van der Waals surface area contributed by atoms with Gasteiger partial charge in [-0.2, -0.15) is 0 Å². The summed E-state index contributed by atoms with van der Waals surface area (Å²) in [4.78, 5) is 2.71. The minimum Gasteiger partial charge on any atom is -0.313 e. The van der Waals surface area contributed by atoms with E-state index in [0.29, 0.717) is 0 Å². The molecule has 0 aliphatic heterocycles. The van der Waals surface area contributed by atoms with Crippen LogP contribution in [0.2, 0.25) is 0 Å². The van der Waals surface area contributed by atoms with Crippen molar-refractivity contribution in [2.75, 3.05) is 20.1 Å². The molecule has 0 radical (unpaired) electrons. The zero-order valence-electron chi connectivity index (χ0n) is 14.2. The molecule has 2 heteroatoms. The Balaban J connectivity index is 1.93. The summed E-state index contributed by atoms with van der Waals surface area (Å²) >= 11 is 0. The van der Waals surface area contributed by atoms with Crippen LogP contribution in [0.4, 0.5) is 0 Å². The molecule has 3 atom stereocenters. The summed E-state index contributed by atoms with van der Waals surface area (Å²) in [6.07, 6.45) is 10.1. The number of rotatable bonds is 6. The zero-order valence-corrected chi connectivity index (χ0v) is 14.2. The van der Waals surface area contributed by atoms with Crippen LogP contribution in [0.1, 0.15) is 65.7 Å².